The first kappa shape index (κ1) is 17.2. The molecule has 10 heteroatoms. The van der Waals surface area contributed by atoms with Crippen LogP contribution in [0.3, 0.4) is 0 Å². The molecule has 2 N–H and O–H groups in total. The molecule has 0 atom stereocenters. The van der Waals surface area contributed by atoms with Gasteiger partial charge in [-0.2, -0.15) is 13.2 Å². The van der Waals surface area contributed by atoms with Crippen LogP contribution < -0.4 is 10.6 Å². The number of aromatic nitrogens is 1. The highest BCUT2D eigenvalue weighted by Crippen LogP contribution is 2.36. The number of carbonyl (C=O) groups excluding carboxylic acids is 2. The summed E-state index contributed by atoms with van der Waals surface area (Å²) in [6.07, 6.45) is -4.67. The number of hydrogen-bond donors (Lipinski definition) is 2. The minimum atomic E-state index is -4.67. The zero-order chi connectivity index (χ0) is 17.2. The third-order valence-electron chi connectivity index (χ3n) is 2.58. The number of aryl methyl sites for hydroxylation is 1. The Kier molecular flexibility index (Phi) is 4.90. The van der Waals surface area contributed by atoms with E-state index < -0.39 is 28.6 Å². The number of alkyl halides is 3. The van der Waals surface area contributed by atoms with E-state index in [9.17, 15) is 22.8 Å². The van der Waals surface area contributed by atoms with E-state index >= 15 is 0 Å². The zero-order valence-corrected chi connectivity index (χ0v) is 13.1. The van der Waals surface area contributed by atoms with Crippen molar-refractivity contribution in [3.63, 3.8) is 0 Å². The van der Waals surface area contributed by atoms with E-state index in [1.807, 2.05) is 0 Å². The first-order valence-electron chi connectivity index (χ1n) is 6.08. The van der Waals surface area contributed by atoms with Gasteiger partial charge in [0, 0.05) is 11.1 Å². The van der Waals surface area contributed by atoms with Gasteiger partial charge in [-0.05, 0) is 25.1 Å². The topological polar surface area (TPSA) is 71.1 Å². The van der Waals surface area contributed by atoms with Gasteiger partial charge in [-0.25, -0.2) is 4.98 Å². The number of amides is 2. The molecule has 2 aromatic rings. The van der Waals surface area contributed by atoms with Crippen LogP contribution in [0.2, 0.25) is 5.02 Å². The van der Waals surface area contributed by atoms with Crippen molar-refractivity contribution in [2.75, 3.05) is 10.6 Å². The second kappa shape index (κ2) is 6.55. The Balaban J connectivity index is 2.09. The summed E-state index contributed by atoms with van der Waals surface area (Å²) in [6, 6.07) is 2.80. The van der Waals surface area contributed by atoms with Crippen molar-refractivity contribution < 1.29 is 22.8 Å². The van der Waals surface area contributed by atoms with Crippen LogP contribution in [0.4, 0.5) is 24.0 Å². The molecule has 1 aromatic heterocycles. The van der Waals surface area contributed by atoms with Crippen LogP contribution in [0.25, 0.3) is 0 Å². The summed E-state index contributed by atoms with van der Waals surface area (Å²) in [4.78, 5) is 27.3. The van der Waals surface area contributed by atoms with Crippen LogP contribution in [-0.2, 0) is 15.8 Å². The van der Waals surface area contributed by atoms with Crippen molar-refractivity contribution in [3.8, 4) is 0 Å². The largest absolute Gasteiger partial charge is 0.417 e. The monoisotopic (exact) mass is 363 g/mol. The molecule has 0 fully saturated rings. The average molecular weight is 364 g/mol. The Hall–Kier alpha value is -2.13. The van der Waals surface area contributed by atoms with Crippen LogP contribution in [0, 0.1) is 6.92 Å². The molecule has 0 spiro atoms. The fourth-order valence-corrected chi connectivity index (χ4v) is 2.48. The van der Waals surface area contributed by atoms with Gasteiger partial charge in [0.05, 0.1) is 16.3 Å². The van der Waals surface area contributed by atoms with Crippen LogP contribution in [-0.4, -0.2) is 16.8 Å². The smallest absolute Gasteiger partial charge is 0.318 e. The number of rotatable bonds is 2. The highest BCUT2D eigenvalue weighted by atomic mass is 35.5. The highest BCUT2D eigenvalue weighted by molar-refractivity contribution is 7.14. The number of carbonyl (C=O) groups is 2. The van der Waals surface area contributed by atoms with Crippen LogP contribution in [0.1, 0.15) is 11.3 Å². The highest BCUT2D eigenvalue weighted by Gasteiger charge is 2.33. The number of halogens is 4. The molecule has 1 heterocycles. The summed E-state index contributed by atoms with van der Waals surface area (Å²) in [5, 5.41) is 5.71. The van der Waals surface area contributed by atoms with Gasteiger partial charge in [-0.3, -0.25) is 14.9 Å². The average Bonchev–Trinajstić information content (AvgIpc) is 2.85. The Bertz CT molecular complexity index is 761. The third kappa shape index (κ3) is 4.42. The maximum Gasteiger partial charge on any atom is 0.417 e. The second-order valence-corrected chi connectivity index (χ2v) is 5.66. The fourth-order valence-electron chi connectivity index (χ4n) is 1.57. The van der Waals surface area contributed by atoms with E-state index in [0.29, 0.717) is 11.8 Å². The Morgan fingerprint density at radius 2 is 1.87 bits per heavy atom. The van der Waals surface area contributed by atoms with E-state index in [-0.39, 0.29) is 10.8 Å². The predicted octanol–water partition coefficient (Wildman–Crippen LogP) is 3.70. The molecule has 0 aliphatic rings. The summed E-state index contributed by atoms with van der Waals surface area (Å²) in [5.41, 5.74) is -0.636. The fraction of sp³-hybridized carbons (Fsp3) is 0.154. The van der Waals surface area contributed by atoms with Gasteiger partial charge in [0.2, 0.25) is 0 Å². The molecule has 0 bridgehead atoms. The lowest BCUT2D eigenvalue weighted by molar-refractivity contribution is -0.137. The Morgan fingerprint density at radius 1 is 1.22 bits per heavy atom. The minimum Gasteiger partial charge on any atom is -0.318 e. The second-order valence-electron chi connectivity index (χ2n) is 4.39. The van der Waals surface area contributed by atoms with Crippen molar-refractivity contribution in [2.24, 2.45) is 0 Å². The Morgan fingerprint density at radius 3 is 2.43 bits per heavy atom. The normalized spacial score (nSPS) is 11.2. The first-order valence-corrected chi connectivity index (χ1v) is 7.34. The standard InChI is InChI=1S/C13H9ClF3N3O2S/c1-6-5-23-12(18-6)20-11(22)10(21)19-7-2-3-9(14)8(4-7)13(15,16)17/h2-5H,1H3,(H,19,21)(H,18,20,22). The minimum absolute atomic E-state index is 0.197. The number of anilines is 2. The number of thiazole rings is 1. The van der Waals surface area contributed by atoms with Crippen molar-refractivity contribution in [1.82, 2.24) is 4.98 Å². The third-order valence-corrected chi connectivity index (χ3v) is 3.78. The molecule has 1 aromatic carbocycles. The summed E-state index contributed by atoms with van der Waals surface area (Å²) in [5.74, 6) is -2.16. The van der Waals surface area contributed by atoms with E-state index in [0.717, 1.165) is 23.5 Å². The summed E-state index contributed by atoms with van der Waals surface area (Å²) in [7, 11) is 0. The van der Waals surface area contributed by atoms with Crippen molar-refractivity contribution >= 4 is 45.6 Å². The molecule has 0 unspecified atom stereocenters. The van der Waals surface area contributed by atoms with E-state index in [1.165, 1.54) is 0 Å². The quantitative estimate of drug-likeness (QED) is 0.799. The molecule has 2 amide bonds. The number of nitrogens with zero attached hydrogens (tertiary/aromatic N) is 1. The number of nitrogens with one attached hydrogen (secondary N) is 2. The Labute approximate surface area is 137 Å². The van der Waals surface area contributed by atoms with Gasteiger partial charge >= 0.3 is 18.0 Å². The van der Waals surface area contributed by atoms with E-state index in [2.05, 4.69) is 15.6 Å². The molecule has 2 rings (SSSR count). The summed E-state index contributed by atoms with van der Waals surface area (Å²) < 4.78 is 38.2. The molecule has 0 saturated heterocycles. The van der Waals surface area contributed by atoms with E-state index in [1.54, 1.807) is 12.3 Å². The summed E-state index contributed by atoms with van der Waals surface area (Å²) >= 11 is 6.59. The SMILES string of the molecule is Cc1csc(NC(=O)C(=O)Nc2ccc(Cl)c(C(F)(F)F)c2)n1. The molecule has 0 saturated carbocycles. The van der Waals surface area contributed by atoms with Gasteiger partial charge in [0.1, 0.15) is 0 Å². The molecule has 23 heavy (non-hydrogen) atoms. The van der Waals surface area contributed by atoms with Crippen LogP contribution >= 0.6 is 22.9 Å². The van der Waals surface area contributed by atoms with Gasteiger partial charge < -0.3 is 5.32 Å². The number of hydrogen-bond acceptors (Lipinski definition) is 4. The maximum atomic E-state index is 12.7. The molecule has 0 aliphatic heterocycles. The van der Waals surface area contributed by atoms with Crippen LogP contribution in [0.15, 0.2) is 23.6 Å². The maximum absolute atomic E-state index is 12.7. The lowest BCUT2D eigenvalue weighted by atomic mass is 10.2. The van der Waals surface area contributed by atoms with Crippen LogP contribution in [0.5, 0.6) is 0 Å². The molecule has 0 aliphatic carbocycles. The molecular weight excluding hydrogens is 355 g/mol. The summed E-state index contributed by atoms with van der Waals surface area (Å²) in [6.45, 7) is 1.71. The van der Waals surface area contributed by atoms with Crippen molar-refractivity contribution in [2.45, 2.75) is 13.1 Å². The lowest BCUT2D eigenvalue weighted by Gasteiger charge is -2.11. The number of benzene rings is 1. The lowest BCUT2D eigenvalue weighted by Crippen LogP contribution is -2.29. The van der Waals surface area contributed by atoms with Crippen molar-refractivity contribution in [1.29, 1.82) is 0 Å². The molecule has 122 valence electrons. The molecule has 0 radical (unpaired) electrons. The van der Waals surface area contributed by atoms with Crippen molar-refractivity contribution in [3.05, 3.63) is 39.9 Å². The zero-order valence-electron chi connectivity index (χ0n) is 11.5. The first-order chi connectivity index (χ1) is 10.7. The van der Waals surface area contributed by atoms with Gasteiger partial charge in [-0.15, -0.1) is 11.3 Å². The molecule has 5 nitrogen and oxygen atoms in total. The van der Waals surface area contributed by atoms with Gasteiger partial charge in [0.15, 0.2) is 5.13 Å². The van der Waals surface area contributed by atoms with Gasteiger partial charge in [0.25, 0.3) is 0 Å². The molecular formula is C13H9ClF3N3O2S. The van der Waals surface area contributed by atoms with E-state index in [4.69, 9.17) is 11.6 Å². The predicted molar refractivity (Wildman–Crippen MR) is 80.6 cm³/mol. The van der Waals surface area contributed by atoms with Gasteiger partial charge in [-0.1, -0.05) is 11.6 Å².